The molecule has 0 spiro atoms. The Labute approximate surface area is 184 Å². The van der Waals surface area contributed by atoms with E-state index < -0.39 is 0 Å². The molecule has 2 aromatic carbocycles. The van der Waals surface area contributed by atoms with Gasteiger partial charge in [-0.3, -0.25) is 4.79 Å². The van der Waals surface area contributed by atoms with E-state index in [1.807, 2.05) is 42.5 Å². The lowest BCUT2D eigenvalue weighted by atomic mass is 10.1. The van der Waals surface area contributed by atoms with Crippen molar-refractivity contribution in [3.05, 3.63) is 82.0 Å². The highest BCUT2D eigenvalue weighted by Crippen LogP contribution is 2.30. The van der Waals surface area contributed by atoms with Gasteiger partial charge in [0.1, 0.15) is 18.1 Å². The van der Waals surface area contributed by atoms with E-state index in [1.165, 1.54) is 14.6 Å². The highest BCUT2D eigenvalue weighted by molar-refractivity contribution is 5.76. The maximum atomic E-state index is 12.9. The Kier molecular flexibility index (Phi) is 4.97. The summed E-state index contributed by atoms with van der Waals surface area (Å²) in [4.78, 5) is 30.1. The Morgan fingerprint density at radius 3 is 2.75 bits per heavy atom. The first kappa shape index (κ1) is 20.0. The molecule has 8 nitrogen and oxygen atoms in total. The van der Waals surface area contributed by atoms with Crippen molar-refractivity contribution in [3.8, 4) is 17.0 Å². The molecule has 1 aliphatic rings. The molecule has 0 saturated carbocycles. The fourth-order valence-electron chi connectivity index (χ4n) is 4.30. The Morgan fingerprint density at radius 1 is 1.19 bits per heavy atom. The number of methoxy groups -OCH3 is 1. The molecule has 0 fully saturated rings. The molecule has 0 aliphatic heterocycles. The number of carbonyl (C=O) groups excluding carboxylic acids is 1. The smallest absolute Gasteiger partial charge is 0.352 e. The molecule has 0 saturated heterocycles. The molecule has 1 aliphatic carbocycles. The average Bonchev–Trinajstić information content (AvgIpc) is 3.35. The molecule has 5 rings (SSSR count). The first-order valence-electron chi connectivity index (χ1n) is 10.5. The van der Waals surface area contributed by atoms with Crippen LogP contribution in [-0.2, 0) is 17.8 Å². The van der Waals surface area contributed by atoms with Gasteiger partial charge in [-0.05, 0) is 55.2 Å². The normalized spacial score (nSPS) is 15.0. The Bertz CT molecular complexity index is 1370. The summed E-state index contributed by atoms with van der Waals surface area (Å²) in [6.07, 6.45) is 1.80. The summed E-state index contributed by atoms with van der Waals surface area (Å²) in [5, 5.41) is 7.44. The minimum atomic E-state index is -0.381. The predicted molar refractivity (Wildman–Crippen MR) is 120 cm³/mol. The molecule has 1 amide bonds. The van der Waals surface area contributed by atoms with Crippen molar-refractivity contribution in [3.63, 3.8) is 0 Å². The largest absolute Gasteiger partial charge is 0.497 e. The van der Waals surface area contributed by atoms with Crippen LogP contribution in [0.4, 0.5) is 0 Å². The SMILES string of the molecule is COc1ccc(-c2cc3nn(CC(=O)N[C@@H]4CCc5ccccc54)c(=O)n3c(C)n2)cc1. The molecule has 2 aromatic heterocycles. The van der Waals surface area contributed by atoms with Gasteiger partial charge >= 0.3 is 5.69 Å². The molecule has 1 atom stereocenters. The van der Waals surface area contributed by atoms with Gasteiger partial charge in [-0.25, -0.2) is 18.9 Å². The van der Waals surface area contributed by atoms with Crippen LogP contribution in [0.3, 0.4) is 0 Å². The van der Waals surface area contributed by atoms with E-state index in [9.17, 15) is 9.59 Å². The van der Waals surface area contributed by atoms with Gasteiger partial charge in [-0.1, -0.05) is 24.3 Å². The van der Waals surface area contributed by atoms with Crippen molar-refractivity contribution in [2.45, 2.75) is 32.4 Å². The average molecular weight is 429 g/mol. The Morgan fingerprint density at radius 2 is 1.97 bits per heavy atom. The Balaban J connectivity index is 1.40. The highest BCUT2D eigenvalue weighted by atomic mass is 16.5. The molecule has 2 heterocycles. The van der Waals surface area contributed by atoms with Gasteiger partial charge in [-0.15, -0.1) is 5.10 Å². The van der Waals surface area contributed by atoms with E-state index in [2.05, 4.69) is 21.5 Å². The molecule has 0 radical (unpaired) electrons. The number of fused-ring (bicyclic) bond motifs is 2. The van der Waals surface area contributed by atoms with Crippen LogP contribution in [0.25, 0.3) is 16.9 Å². The molecule has 32 heavy (non-hydrogen) atoms. The zero-order chi connectivity index (χ0) is 22.2. The number of rotatable bonds is 5. The fourth-order valence-corrected chi connectivity index (χ4v) is 4.30. The number of aryl methyl sites for hydroxylation is 2. The van der Waals surface area contributed by atoms with Gasteiger partial charge in [0.05, 0.1) is 18.8 Å². The summed E-state index contributed by atoms with van der Waals surface area (Å²) in [6.45, 7) is 1.61. The summed E-state index contributed by atoms with van der Waals surface area (Å²) in [7, 11) is 1.62. The number of hydrogen-bond acceptors (Lipinski definition) is 5. The van der Waals surface area contributed by atoms with Gasteiger partial charge in [0, 0.05) is 11.6 Å². The summed E-state index contributed by atoms with van der Waals surface area (Å²) < 4.78 is 7.82. The maximum Gasteiger partial charge on any atom is 0.352 e. The monoisotopic (exact) mass is 429 g/mol. The molecule has 0 unspecified atom stereocenters. The number of hydrogen-bond donors (Lipinski definition) is 1. The van der Waals surface area contributed by atoms with Gasteiger partial charge < -0.3 is 10.1 Å². The number of benzene rings is 2. The lowest BCUT2D eigenvalue weighted by molar-refractivity contribution is -0.122. The Hall–Kier alpha value is -3.94. The highest BCUT2D eigenvalue weighted by Gasteiger charge is 2.24. The standard InChI is InChI=1S/C24H23N5O3/c1-15-25-21(17-7-10-18(32-2)11-8-17)13-22-27-28(24(31)29(15)22)14-23(30)26-20-12-9-16-5-3-4-6-19(16)20/h3-8,10-11,13,20H,9,12,14H2,1-2H3,(H,26,30)/t20-/m1/s1. The molecular weight excluding hydrogens is 406 g/mol. The molecule has 4 aromatic rings. The van der Waals surface area contributed by atoms with Crippen LogP contribution in [0.2, 0.25) is 0 Å². The molecule has 162 valence electrons. The van der Waals surface area contributed by atoms with Crippen molar-refractivity contribution in [2.75, 3.05) is 7.11 Å². The molecule has 0 bridgehead atoms. The van der Waals surface area contributed by atoms with Crippen LogP contribution in [0.5, 0.6) is 5.75 Å². The van der Waals surface area contributed by atoms with Crippen LogP contribution in [0.1, 0.15) is 29.4 Å². The number of nitrogens with one attached hydrogen (secondary N) is 1. The summed E-state index contributed by atoms with van der Waals surface area (Å²) in [5.74, 6) is 1.02. The lowest BCUT2D eigenvalue weighted by Crippen LogP contribution is -2.34. The number of carbonyl (C=O) groups is 1. The predicted octanol–water partition coefficient (Wildman–Crippen LogP) is 2.68. The fraction of sp³-hybridized carbons (Fsp3) is 0.250. The zero-order valence-electron chi connectivity index (χ0n) is 17.9. The van der Waals surface area contributed by atoms with Crippen LogP contribution in [0.15, 0.2) is 59.4 Å². The van der Waals surface area contributed by atoms with Crippen LogP contribution in [0, 0.1) is 6.92 Å². The van der Waals surface area contributed by atoms with E-state index >= 15 is 0 Å². The second-order valence-corrected chi connectivity index (χ2v) is 7.91. The molecular formula is C24H23N5O3. The number of ether oxygens (including phenoxy) is 1. The molecule has 1 N–H and O–H groups in total. The van der Waals surface area contributed by atoms with Gasteiger partial charge in [0.2, 0.25) is 5.91 Å². The van der Waals surface area contributed by atoms with Crippen molar-refractivity contribution in [2.24, 2.45) is 0 Å². The van der Waals surface area contributed by atoms with Crippen molar-refractivity contribution >= 4 is 11.6 Å². The van der Waals surface area contributed by atoms with Crippen LogP contribution >= 0.6 is 0 Å². The summed E-state index contributed by atoms with van der Waals surface area (Å²) >= 11 is 0. The molecule has 8 heteroatoms. The maximum absolute atomic E-state index is 12.9. The van der Waals surface area contributed by atoms with Crippen molar-refractivity contribution in [1.82, 2.24) is 24.5 Å². The van der Waals surface area contributed by atoms with E-state index in [0.29, 0.717) is 17.2 Å². The first-order chi connectivity index (χ1) is 15.5. The van der Waals surface area contributed by atoms with Gasteiger partial charge in [-0.2, -0.15) is 0 Å². The van der Waals surface area contributed by atoms with E-state index in [0.717, 1.165) is 29.7 Å². The zero-order valence-corrected chi connectivity index (χ0v) is 17.9. The minimum absolute atomic E-state index is 0.0310. The number of amides is 1. The van der Waals surface area contributed by atoms with Gasteiger partial charge in [0.15, 0.2) is 5.65 Å². The number of nitrogens with zero attached hydrogens (tertiary/aromatic N) is 4. The lowest BCUT2D eigenvalue weighted by Gasteiger charge is -2.13. The topological polar surface area (TPSA) is 90.5 Å². The van der Waals surface area contributed by atoms with Crippen LogP contribution in [-0.4, -0.2) is 32.2 Å². The third-order valence-corrected chi connectivity index (χ3v) is 5.88. The first-order valence-corrected chi connectivity index (χ1v) is 10.5. The van der Waals surface area contributed by atoms with Crippen molar-refractivity contribution < 1.29 is 9.53 Å². The van der Waals surface area contributed by atoms with E-state index in [-0.39, 0.29) is 24.2 Å². The van der Waals surface area contributed by atoms with E-state index in [1.54, 1.807) is 20.1 Å². The summed E-state index contributed by atoms with van der Waals surface area (Å²) in [5.41, 5.74) is 4.06. The second-order valence-electron chi connectivity index (χ2n) is 7.91. The third-order valence-electron chi connectivity index (χ3n) is 5.88. The minimum Gasteiger partial charge on any atom is -0.497 e. The van der Waals surface area contributed by atoms with Gasteiger partial charge in [0.25, 0.3) is 0 Å². The second kappa shape index (κ2) is 7.96. The third kappa shape index (κ3) is 3.53. The van der Waals surface area contributed by atoms with E-state index in [4.69, 9.17) is 4.74 Å². The number of aromatic nitrogens is 4. The van der Waals surface area contributed by atoms with Crippen molar-refractivity contribution in [1.29, 1.82) is 0 Å². The van der Waals surface area contributed by atoms with Crippen LogP contribution < -0.4 is 15.7 Å². The quantitative estimate of drug-likeness (QED) is 0.527. The summed E-state index contributed by atoms with van der Waals surface area (Å²) in [6, 6.07) is 17.3.